The molecular formula is C43H40Cl2N6. The molecule has 4 heterocycles. The fraction of sp³-hybridized carbons (Fsp3) is 0.209. The minimum atomic E-state index is 0.751. The molecule has 256 valence electrons. The summed E-state index contributed by atoms with van der Waals surface area (Å²) in [4.78, 5) is 9.67. The molecule has 0 aliphatic carbocycles. The lowest BCUT2D eigenvalue weighted by Gasteiger charge is -2.09. The second kappa shape index (κ2) is 15.3. The molecule has 4 aromatic carbocycles. The van der Waals surface area contributed by atoms with Crippen LogP contribution in [0.2, 0.25) is 10.0 Å². The highest BCUT2D eigenvalue weighted by atomic mass is 35.5. The molecule has 0 amide bonds. The Labute approximate surface area is 308 Å². The van der Waals surface area contributed by atoms with Gasteiger partial charge in [-0.3, -0.25) is 9.97 Å². The van der Waals surface area contributed by atoms with E-state index >= 15 is 0 Å². The maximum Gasteiger partial charge on any atom is 0.0681 e. The number of fused-ring (bicyclic) bond motifs is 6. The zero-order valence-electron chi connectivity index (χ0n) is 28.5. The minimum Gasteiger partial charge on any atom is -0.335 e. The number of nitrogens with one attached hydrogen (secondary N) is 2. The smallest absolute Gasteiger partial charge is 0.0681 e. The third kappa shape index (κ3) is 7.37. The predicted molar refractivity (Wildman–Crippen MR) is 213 cm³/mol. The van der Waals surface area contributed by atoms with Crippen molar-refractivity contribution in [2.45, 2.75) is 45.4 Å². The zero-order valence-corrected chi connectivity index (χ0v) is 30.0. The van der Waals surface area contributed by atoms with Crippen molar-refractivity contribution in [3.63, 3.8) is 0 Å². The molecule has 51 heavy (non-hydrogen) atoms. The highest BCUT2D eigenvalue weighted by Crippen LogP contribution is 2.31. The van der Waals surface area contributed by atoms with Crippen LogP contribution in [0.25, 0.3) is 43.6 Å². The van der Waals surface area contributed by atoms with Crippen LogP contribution in [0, 0.1) is 0 Å². The van der Waals surface area contributed by atoms with E-state index in [9.17, 15) is 0 Å². The number of rotatable bonds is 14. The van der Waals surface area contributed by atoms with Gasteiger partial charge >= 0.3 is 0 Å². The first kappa shape index (κ1) is 33.4. The summed E-state index contributed by atoms with van der Waals surface area (Å²) in [6.07, 6.45) is 7.45. The lowest BCUT2D eigenvalue weighted by Crippen LogP contribution is -2.17. The van der Waals surface area contributed by atoms with Crippen molar-refractivity contribution in [1.82, 2.24) is 29.7 Å². The van der Waals surface area contributed by atoms with Crippen LogP contribution in [-0.2, 0) is 26.2 Å². The molecule has 0 saturated heterocycles. The Balaban J connectivity index is 0.818. The SMILES string of the molecule is Clc1cccc(Cn2c3ccccc3c3cc(CNCCCCCNCc4cc5c6ccccc6n(Cc6cccc(Cl)c6)c5cn4)ncc32)c1. The van der Waals surface area contributed by atoms with Crippen LogP contribution < -0.4 is 10.6 Å². The van der Waals surface area contributed by atoms with Gasteiger partial charge in [-0.2, -0.15) is 0 Å². The van der Waals surface area contributed by atoms with Gasteiger partial charge in [0.15, 0.2) is 0 Å². The van der Waals surface area contributed by atoms with E-state index in [1.54, 1.807) is 0 Å². The van der Waals surface area contributed by atoms with Crippen LogP contribution in [-0.4, -0.2) is 32.2 Å². The van der Waals surface area contributed by atoms with Crippen LogP contribution >= 0.6 is 23.2 Å². The van der Waals surface area contributed by atoms with Gasteiger partial charge in [0.2, 0.25) is 0 Å². The topological polar surface area (TPSA) is 59.7 Å². The molecule has 4 aromatic heterocycles. The summed E-state index contributed by atoms with van der Waals surface area (Å²) in [5, 5.41) is 13.7. The summed E-state index contributed by atoms with van der Waals surface area (Å²) < 4.78 is 4.68. The Kier molecular flexibility index (Phi) is 10.0. The van der Waals surface area contributed by atoms with E-state index < -0.39 is 0 Å². The highest BCUT2D eigenvalue weighted by Gasteiger charge is 2.14. The Hall–Kier alpha value is -4.72. The molecule has 0 radical (unpaired) electrons. The molecule has 8 heteroatoms. The molecule has 8 rings (SSSR count). The van der Waals surface area contributed by atoms with Crippen LogP contribution in [0.3, 0.4) is 0 Å². The van der Waals surface area contributed by atoms with E-state index in [1.807, 2.05) is 48.8 Å². The molecule has 0 fully saturated rings. The predicted octanol–water partition coefficient (Wildman–Crippen LogP) is 10.1. The third-order valence-electron chi connectivity index (χ3n) is 9.71. The van der Waals surface area contributed by atoms with Crippen molar-refractivity contribution in [3.8, 4) is 0 Å². The molecule has 0 saturated carbocycles. The quantitative estimate of drug-likeness (QED) is 0.110. The summed E-state index contributed by atoms with van der Waals surface area (Å²) >= 11 is 12.6. The Morgan fingerprint density at radius 1 is 0.471 bits per heavy atom. The van der Waals surface area contributed by atoms with E-state index in [-0.39, 0.29) is 0 Å². The van der Waals surface area contributed by atoms with Crippen molar-refractivity contribution in [2.24, 2.45) is 0 Å². The summed E-state index contributed by atoms with van der Waals surface area (Å²) in [7, 11) is 0. The summed E-state index contributed by atoms with van der Waals surface area (Å²) in [5.74, 6) is 0. The van der Waals surface area contributed by atoms with Crippen LogP contribution in [0.1, 0.15) is 41.8 Å². The van der Waals surface area contributed by atoms with Gasteiger partial charge in [-0.25, -0.2) is 0 Å². The standard InChI is InChI=1S/C43H40Cl2N6/c44-32-12-8-10-30(20-32)28-50-40-16-4-2-14-36(40)38-22-34(48-26-42(38)50)24-46-18-6-1-7-19-47-25-35-23-39-37-15-3-5-17-41(37)51(43(39)27-49-35)29-31-11-9-13-33(45)21-31/h2-5,8-17,20-23,26-27,46-47H,1,6-7,18-19,24-25,28-29H2. The molecule has 6 nitrogen and oxygen atoms in total. The largest absolute Gasteiger partial charge is 0.335 e. The van der Waals surface area contributed by atoms with E-state index in [2.05, 4.69) is 92.6 Å². The number of pyridine rings is 2. The second-order valence-corrected chi connectivity index (χ2v) is 14.1. The first-order chi connectivity index (χ1) is 25.1. The van der Waals surface area contributed by atoms with Gasteiger partial charge in [-0.1, -0.05) is 90.3 Å². The Morgan fingerprint density at radius 3 is 1.41 bits per heavy atom. The molecule has 0 spiro atoms. The monoisotopic (exact) mass is 710 g/mol. The lowest BCUT2D eigenvalue weighted by atomic mass is 10.1. The van der Waals surface area contributed by atoms with Crippen molar-refractivity contribution in [2.75, 3.05) is 13.1 Å². The molecule has 8 aromatic rings. The van der Waals surface area contributed by atoms with Crippen molar-refractivity contribution in [3.05, 3.63) is 154 Å². The molecule has 0 aliphatic rings. The van der Waals surface area contributed by atoms with Gasteiger partial charge in [0, 0.05) is 68.8 Å². The maximum absolute atomic E-state index is 6.28. The molecule has 2 N–H and O–H groups in total. The molecular weight excluding hydrogens is 671 g/mol. The maximum atomic E-state index is 6.28. The zero-order chi connectivity index (χ0) is 34.6. The Morgan fingerprint density at radius 2 is 0.941 bits per heavy atom. The van der Waals surface area contributed by atoms with Crippen molar-refractivity contribution in [1.29, 1.82) is 0 Å². The van der Waals surface area contributed by atoms with E-state index in [0.717, 1.165) is 91.0 Å². The van der Waals surface area contributed by atoms with Gasteiger partial charge in [-0.05, 0) is 85.6 Å². The van der Waals surface area contributed by atoms with Crippen LogP contribution in [0.15, 0.2) is 122 Å². The molecule has 0 atom stereocenters. The number of para-hydroxylation sites is 2. The van der Waals surface area contributed by atoms with Crippen LogP contribution in [0.5, 0.6) is 0 Å². The minimum absolute atomic E-state index is 0.751. The fourth-order valence-electron chi connectivity index (χ4n) is 7.26. The summed E-state index contributed by atoms with van der Waals surface area (Å²) in [5.41, 5.74) is 9.18. The number of nitrogens with zero attached hydrogens (tertiary/aromatic N) is 4. The number of unbranched alkanes of at least 4 members (excludes halogenated alkanes) is 2. The first-order valence-corrected chi connectivity index (χ1v) is 18.5. The molecule has 0 bridgehead atoms. The number of halogens is 2. The normalized spacial score (nSPS) is 11.8. The second-order valence-electron chi connectivity index (χ2n) is 13.3. The van der Waals surface area contributed by atoms with E-state index in [0.29, 0.717) is 0 Å². The number of hydrogen-bond donors (Lipinski definition) is 2. The number of hydrogen-bond acceptors (Lipinski definition) is 4. The Bertz CT molecular complexity index is 2290. The number of aromatic nitrogens is 4. The average molecular weight is 712 g/mol. The van der Waals surface area contributed by atoms with Crippen LogP contribution in [0.4, 0.5) is 0 Å². The average Bonchev–Trinajstić information content (AvgIpc) is 3.62. The highest BCUT2D eigenvalue weighted by molar-refractivity contribution is 6.31. The lowest BCUT2D eigenvalue weighted by molar-refractivity contribution is 0.567. The van der Waals surface area contributed by atoms with E-state index in [1.165, 1.54) is 43.7 Å². The third-order valence-corrected chi connectivity index (χ3v) is 10.2. The van der Waals surface area contributed by atoms with Gasteiger partial charge < -0.3 is 19.8 Å². The van der Waals surface area contributed by atoms with E-state index in [4.69, 9.17) is 33.2 Å². The van der Waals surface area contributed by atoms with Gasteiger partial charge in [0.05, 0.1) is 34.8 Å². The fourth-order valence-corrected chi connectivity index (χ4v) is 7.68. The first-order valence-electron chi connectivity index (χ1n) is 17.7. The van der Waals surface area contributed by atoms with Crippen molar-refractivity contribution >= 4 is 66.8 Å². The van der Waals surface area contributed by atoms with Crippen molar-refractivity contribution < 1.29 is 0 Å². The van der Waals surface area contributed by atoms with Gasteiger partial charge in [-0.15, -0.1) is 0 Å². The summed E-state index contributed by atoms with van der Waals surface area (Å²) in [6, 6.07) is 37.8. The van der Waals surface area contributed by atoms with Gasteiger partial charge in [0.1, 0.15) is 0 Å². The van der Waals surface area contributed by atoms with Gasteiger partial charge in [0.25, 0.3) is 0 Å². The summed E-state index contributed by atoms with van der Waals surface area (Å²) in [6.45, 7) is 4.95. The molecule has 0 unspecified atom stereocenters. The number of benzene rings is 4. The molecule has 0 aliphatic heterocycles.